The number of hydrogen-bond acceptors (Lipinski definition) is 4. The molecule has 1 saturated heterocycles. The van der Waals surface area contributed by atoms with Crippen LogP contribution in [0.3, 0.4) is 0 Å². The van der Waals surface area contributed by atoms with Gasteiger partial charge in [-0.3, -0.25) is 9.78 Å². The second-order valence-electron chi connectivity index (χ2n) is 6.88. The van der Waals surface area contributed by atoms with E-state index in [-0.39, 0.29) is 5.91 Å². The number of anilines is 1. The minimum absolute atomic E-state index is 0.0523. The van der Waals surface area contributed by atoms with Crippen molar-refractivity contribution in [1.29, 1.82) is 0 Å². The molecule has 0 atom stereocenters. The number of nitrogens with zero attached hydrogens (tertiary/aromatic N) is 3. The number of piperazine rings is 1. The van der Waals surface area contributed by atoms with Crippen LogP contribution in [0.5, 0.6) is 0 Å². The van der Waals surface area contributed by atoms with Gasteiger partial charge in [-0.15, -0.1) is 0 Å². The minimum Gasteiger partial charge on any atom is -0.346 e. The number of carbonyl (C=O) groups is 1. The molecule has 6 nitrogen and oxygen atoms in total. The summed E-state index contributed by atoms with van der Waals surface area (Å²) in [5, 5.41) is 4.79. The predicted octanol–water partition coefficient (Wildman–Crippen LogP) is 3.09. The Balaban J connectivity index is 1.59. The van der Waals surface area contributed by atoms with Gasteiger partial charge in [0.2, 0.25) is 5.91 Å². The molecule has 2 N–H and O–H groups in total. The largest absolute Gasteiger partial charge is 0.346 e. The summed E-state index contributed by atoms with van der Waals surface area (Å²) in [6.45, 7) is 1.77. The molecule has 2 aliphatic rings. The molecule has 1 aliphatic heterocycles. The van der Waals surface area contributed by atoms with Crippen LogP contribution in [0.2, 0.25) is 5.02 Å². The van der Waals surface area contributed by atoms with E-state index in [4.69, 9.17) is 11.6 Å². The van der Waals surface area contributed by atoms with Gasteiger partial charge in [-0.2, -0.15) is 0 Å². The molecule has 0 bridgehead atoms. The third kappa shape index (κ3) is 2.57. The summed E-state index contributed by atoms with van der Waals surface area (Å²) in [5.41, 5.74) is 4.58. The van der Waals surface area contributed by atoms with Crippen molar-refractivity contribution >= 4 is 34.2 Å². The van der Waals surface area contributed by atoms with E-state index in [0.29, 0.717) is 24.0 Å². The number of pyridine rings is 2. The molecule has 3 aromatic rings. The molecule has 1 amide bonds. The lowest BCUT2D eigenvalue weighted by atomic mass is 10.0. The maximum Gasteiger partial charge on any atom is 0.241 e. The van der Waals surface area contributed by atoms with Gasteiger partial charge in [-0.1, -0.05) is 11.6 Å². The molecule has 1 aliphatic carbocycles. The van der Waals surface area contributed by atoms with Crippen molar-refractivity contribution in [3.63, 3.8) is 0 Å². The normalized spacial score (nSPS) is 17.9. The first-order valence-corrected chi connectivity index (χ1v) is 9.22. The zero-order valence-electron chi connectivity index (χ0n) is 14.1. The highest BCUT2D eigenvalue weighted by atomic mass is 35.5. The van der Waals surface area contributed by atoms with Crippen molar-refractivity contribution in [2.24, 2.45) is 0 Å². The molecule has 2 fully saturated rings. The number of fused-ring (bicyclic) bond motifs is 1. The van der Waals surface area contributed by atoms with E-state index in [9.17, 15) is 4.79 Å². The van der Waals surface area contributed by atoms with Crippen molar-refractivity contribution in [3.8, 4) is 11.1 Å². The maximum absolute atomic E-state index is 12.2. The first kappa shape index (κ1) is 15.8. The number of hydrogen-bond donors (Lipinski definition) is 2. The molecular formula is C19H18ClN5O. The van der Waals surface area contributed by atoms with E-state index in [2.05, 4.69) is 20.3 Å². The Hall–Kier alpha value is -2.44. The quantitative estimate of drug-likeness (QED) is 0.746. The van der Waals surface area contributed by atoms with Crippen molar-refractivity contribution in [2.75, 3.05) is 24.5 Å². The van der Waals surface area contributed by atoms with Crippen LogP contribution in [0.1, 0.15) is 24.3 Å². The number of rotatable bonds is 3. The summed E-state index contributed by atoms with van der Waals surface area (Å²) in [5.74, 6) is 0.637. The van der Waals surface area contributed by atoms with Gasteiger partial charge in [-0.05, 0) is 30.4 Å². The highest BCUT2D eigenvalue weighted by Crippen LogP contribution is 2.46. The van der Waals surface area contributed by atoms with Gasteiger partial charge >= 0.3 is 0 Å². The van der Waals surface area contributed by atoms with E-state index < -0.39 is 0 Å². The van der Waals surface area contributed by atoms with Gasteiger partial charge in [-0.25, -0.2) is 4.98 Å². The molecule has 132 valence electrons. The minimum atomic E-state index is 0.0523. The average molecular weight is 368 g/mol. The molecule has 0 spiro atoms. The monoisotopic (exact) mass is 367 g/mol. The van der Waals surface area contributed by atoms with Gasteiger partial charge < -0.3 is 15.2 Å². The lowest BCUT2D eigenvalue weighted by molar-refractivity contribution is -0.118. The molecule has 1 saturated carbocycles. The molecule has 26 heavy (non-hydrogen) atoms. The predicted molar refractivity (Wildman–Crippen MR) is 102 cm³/mol. The molecule has 5 rings (SSSR count). The first-order valence-electron chi connectivity index (χ1n) is 8.84. The number of halogens is 1. The van der Waals surface area contributed by atoms with Gasteiger partial charge in [0.25, 0.3) is 0 Å². The number of carbonyl (C=O) groups excluding carboxylic acids is 1. The third-order valence-electron chi connectivity index (χ3n) is 5.12. The van der Waals surface area contributed by atoms with Crippen LogP contribution in [-0.4, -0.2) is 40.5 Å². The van der Waals surface area contributed by atoms with Crippen LogP contribution >= 0.6 is 11.6 Å². The molecule has 0 radical (unpaired) electrons. The van der Waals surface area contributed by atoms with Crippen molar-refractivity contribution in [3.05, 3.63) is 41.4 Å². The van der Waals surface area contributed by atoms with E-state index in [0.717, 1.165) is 34.4 Å². The topological polar surface area (TPSA) is 73.9 Å². The summed E-state index contributed by atoms with van der Waals surface area (Å²) in [6.07, 6.45) is 9.70. The number of amides is 1. The van der Waals surface area contributed by atoms with E-state index in [1.165, 1.54) is 18.4 Å². The fourth-order valence-electron chi connectivity index (χ4n) is 3.60. The summed E-state index contributed by atoms with van der Waals surface area (Å²) >= 11 is 6.78. The van der Waals surface area contributed by atoms with Crippen LogP contribution < -0.4 is 10.2 Å². The average Bonchev–Trinajstić information content (AvgIpc) is 3.41. The van der Waals surface area contributed by atoms with Crippen molar-refractivity contribution < 1.29 is 4.79 Å². The highest BCUT2D eigenvalue weighted by molar-refractivity contribution is 6.38. The Morgan fingerprint density at radius 3 is 2.92 bits per heavy atom. The molecular weight excluding hydrogens is 350 g/mol. The number of nitrogens with one attached hydrogen (secondary N) is 2. The Labute approximate surface area is 155 Å². The van der Waals surface area contributed by atoms with E-state index in [1.54, 1.807) is 23.5 Å². The van der Waals surface area contributed by atoms with Crippen molar-refractivity contribution in [1.82, 2.24) is 20.3 Å². The zero-order valence-corrected chi connectivity index (χ0v) is 14.9. The molecule has 4 heterocycles. The van der Waals surface area contributed by atoms with Crippen LogP contribution in [0.4, 0.5) is 5.69 Å². The Bertz CT molecular complexity index is 1010. The number of H-pyrrole nitrogens is 1. The first-order chi connectivity index (χ1) is 12.7. The van der Waals surface area contributed by atoms with Crippen molar-refractivity contribution in [2.45, 2.75) is 18.8 Å². The smallest absolute Gasteiger partial charge is 0.241 e. The molecule has 3 aromatic heterocycles. The van der Waals surface area contributed by atoms with Crippen LogP contribution in [0.25, 0.3) is 22.2 Å². The van der Waals surface area contributed by atoms with E-state index in [1.807, 2.05) is 12.3 Å². The lowest BCUT2D eigenvalue weighted by Crippen LogP contribution is -2.48. The SMILES string of the molecule is O=C1CNCCN1c1cncc(-c2cnc3[nH]cc(C4CC4)c3c2Cl)c1. The van der Waals surface area contributed by atoms with E-state index >= 15 is 0 Å². The van der Waals surface area contributed by atoms with Crippen LogP contribution in [0.15, 0.2) is 30.9 Å². The van der Waals surface area contributed by atoms with Gasteiger partial charge in [0.15, 0.2) is 0 Å². The second kappa shape index (κ2) is 6.07. The number of aromatic amines is 1. The maximum atomic E-state index is 12.2. The molecule has 0 unspecified atom stereocenters. The summed E-state index contributed by atoms with van der Waals surface area (Å²) in [7, 11) is 0. The Kier molecular flexibility index (Phi) is 3.69. The summed E-state index contributed by atoms with van der Waals surface area (Å²) in [6, 6.07) is 1.97. The van der Waals surface area contributed by atoms with Crippen LogP contribution in [-0.2, 0) is 4.79 Å². The van der Waals surface area contributed by atoms with Crippen LogP contribution in [0, 0.1) is 0 Å². The molecule has 0 aromatic carbocycles. The fraction of sp³-hybridized carbons (Fsp3) is 0.316. The standard InChI is InChI=1S/C19H18ClN5O/c20-18-15(9-24-19-17(18)14(8-23-19)11-1-2-11)12-5-13(7-22-6-12)25-4-3-21-10-16(25)26/h5-9,11,21H,1-4,10H2,(H,23,24). The fourth-order valence-corrected chi connectivity index (χ4v) is 3.96. The van der Waals surface area contributed by atoms with Gasteiger partial charge in [0, 0.05) is 48.2 Å². The summed E-state index contributed by atoms with van der Waals surface area (Å²) < 4.78 is 0. The van der Waals surface area contributed by atoms with Gasteiger partial charge in [0.1, 0.15) is 5.65 Å². The van der Waals surface area contributed by atoms with Gasteiger partial charge in [0.05, 0.1) is 23.5 Å². The number of aromatic nitrogens is 3. The third-order valence-corrected chi connectivity index (χ3v) is 5.51. The zero-order chi connectivity index (χ0) is 17.7. The molecule has 7 heteroatoms. The summed E-state index contributed by atoms with van der Waals surface area (Å²) in [4.78, 5) is 26.0. The second-order valence-corrected chi connectivity index (χ2v) is 7.26. The Morgan fingerprint density at radius 2 is 2.12 bits per heavy atom. The lowest BCUT2D eigenvalue weighted by Gasteiger charge is -2.27. The Morgan fingerprint density at radius 1 is 1.23 bits per heavy atom. The highest BCUT2D eigenvalue weighted by Gasteiger charge is 2.28.